The fourth-order valence-corrected chi connectivity index (χ4v) is 4.50. The van der Waals surface area contributed by atoms with Crippen molar-refractivity contribution in [3.05, 3.63) is 64.4 Å². The van der Waals surface area contributed by atoms with Crippen LogP contribution in [0, 0.1) is 5.82 Å². The van der Waals surface area contributed by atoms with Gasteiger partial charge < -0.3 is 10.2 Å². The van der Waals surface area contributed by atoms with Gasteiger partial charge in [-0.1, -0.05) is 28.1 Å². The molecule has 2 saturated heterocycles. The fraction of sp³-hybridized carbons (Fsp3) is 0.381. The summed E-state index contributed by atoms with van der Waals surface area (Å²) in [4.78, 5) is 17.2. The van der Waals surface area contributed by atoms with Gasteiger partial charge in [-0.05, 0) is 61.3 Å². The highest BCUT2D eigenvalue weighted by Gasteiger charge is 2.38. The Morgan fingerprint density at radius 1 is 1.04 bits per heavy atom. The molecular formula is C21H23BrFN3O. The van der Waals surface area contributed by atoms with Crippen LogP contribution in [0.15, 0.2) is 53.0 Å². The summed E-state index contributed by atoms with van der Waals surface area (Å²) in [6.45, 7) is 3.57. The van der Waals surface area contributed by atoms with E-state index in [9.17, 15) is 9.18 Å². The van der Waals surface area contributed by atoms with Crippen molar-refractivity contribution < 1.29 is 9.18 Å². The SMILES string of the molecule is O=C(Nc1ccc(F)cc1)N1CCCN2CC[C@H](c3ccc(Br)cc3)[C@@H]2C1. The Labute approximate surface area is 167 Å². The summed E-state index contributed by atoms with van der Waals surface area (Å²) in [7, 11) is 0. The normalized spacial score (nSPS) is 23.0. The van der Waals surface area contributed by atoms with Gasteiger partial charge in [0.2, 0.25) is 0 Å². The van der Waals surface area contributed by atoms with Gasteiger partial charge in [0.15, 0.2) is 0 Å². The zero-order chi connectivity index (χ0) is 18.8. The highest BCUT2D eigenvalue weighted by Crippen LogP contribution is 2.35. The lowest BCUT2D eigenvalue weighted by Gasteiger charge is -2.30. The van der Waals surface area contributed by atoms with Crippen LogP contribution >= 0.6 is 15.9 Å². The van der Waals surface area contributed by atoms with Crippen LogP contribution in [0.25, 0.3) is 0 Å². The molecular weight excluding hydrogens is 409 g/mol. The summed E-state index contributed by atoms with van der Waals surface area (Å²) < 4.78 is 14.2. The van der Waals surface area contributed by atoms with Gasteiger partial charge in [-0.15, -0.1) is 0 Å². The summed E-state index contributed by atoms with van der Waals surface area (Å²) in [5.74, 6) is 0.138. The Balaban J connectivity index is 1.48. The van der Waals surface area contributed by atoms with E-state index in [0.29, 0.717) is 24.2 Å². The van der Waals surface area contributed by atoms with Crippen LogP contribution < -0.4 is 5.32 Å². The number of benzene rings is 2. The van der Waals surface area contributed by atoms with E-state index in [1.807, 2.05) is 4.90 Å². The number of anilines is 1. The first-order valence-corrected chi connectivity index (χ1v) is 10.2. The summed E-state index contributed by atoms with van der Waals surface area (Å²) in [6, 6.07) is 14.7. The van der Waals surface area contributed by atoms with Gasteiger partial charge in [0, 0.05) is 41.8 Å². The second-order valence-corrected chi connectivity index (χ2v) is 8.20. The predicted octanol–water partition coefficient (Wildman–Crippen LogP) is 4.68. The minimum Gasteiger partial charge on any atom is -0.323 e. The van der Waals surface area contributed by atoms with Crippen molar-refractivity contribution in [3.63, 3.8) is 0 Å². The smallest absolute Gasteiger partial charge is 0.321 e. The van der Waals surface area contributed by atoms with Crippen LogP contribution in [0.1, 0.15) is 24.3 Å². The van der Waals surface area contributed by atoms with Crippen molar-refractivity contribution in [1.82, 2.24) is 9.80 Å². The number of nitrogens with one attached hydrogen (secondary N) is 1. The van der Waals surface area contributed by atoms with Gasteiger partial charge in [-0.2, -0.15) is 0 Å². The van der Waals surface area contributed by atoms with Gasteiger partial charge in [0.05, 0.1) is 0 Å². The molecule has 4 rings (SSSR count). The molecule has 2 heterocycles. The quantitative estimate of drug-likeness (QED) is 0.748. The number of amides is 2. The zero-order valence-electron chi connectivity index (χ0n) is 15.1. The number of halogens is 2. The van der Waals surface area contributed by atoms with Crippen molar-refractivity contribution in [2.45, 2.75) is 24.8 Å². The molecule has 0 saturated carbocycles. The summed E-state index contributed by atoms with van der Waals surface area (Å²) in [5.41, 5.74) is 1.96. The molecule has 142 valence electrons. The Morgan fingerprint density at radius 3 is 2.52 bits per heavy atom. The van der Waals surface area contributed by atoms with Gasteiger partial charge >= 0.3 is 6.03 Å². The second kappa shape index (κ2) is 7.98. The van der Waals surface area contributed by atoms with E-state index >= 15 is 0 Å². The Bertz CT molecular complexity index is 796. The van der Waals surface area contributed by atoms with Crippen molar-refractivity contribution in [2.24, 2.45) is 0 Å². The predicted molar refractivity (Wildman–Crippen MR) is 108 cm³/mol. The lowest BCUT2D eigenvalue weighted by Crippen LogP contribution is -2.43. The van der Waals surface area contributed by atoms with E-state index in [4.69, 9.17) is 0 Å². The first-order valence-electron chi connectivity index (χ1n) is 9.41. The third-order valence-corrected chi connectivity index (χ3v) is 6.15. The van der Waals surface area contributed by atoms with Crippen LogP contribution in [0.5, 0.6) is 0 Å². The molecule has 6 heteroatoms. The summed E-state index contributed by atoms with van der Waals surface area (Å²) in [5, 5.41) is 2.90. The molecule has 0 aromatic heterocycles. The maximum Gasteiger partial charge on any atom is 0.321 e. The highest BCUT2D eigenvalue weighted by atomic mass is 79.9. The third-order valence-electron chi connectivity index (χ3n) is 5.62. The van der Waals surface area contributed by atoms with Crippen LogP contribution in [0.2, 0.25) is 0 Å². The number of fused-ring (bicyclic) bond motifs is 1. The third kappa shape index (κ3) is 4.17. The lowest BCUT2D eigenvalue weighted by atomic mass is 9.91. The number of urea groups is 1. The number of hydrogen-bond acceptors (Lipinski definition) is 2. The Hall–Kier alpha value is -1.92. The average Bonchev–Trinajstić information content (AvgIpc) is 2.93. The van der Waals surface area contributed by atoms with Crippen LogP contribution in [0.4, 0.5) is 14.9 Å². The number of nitrogens with zero attached hydrogens (tertiary/aromatic N) is 2. The Morgan fingerprint density at radius 2 is 1.78 bits per heavy atom. The molecule has 2 aliphatic rings. The number of carbonyl (C=O) groups is 1. The van der Waals surface area contributed by atoms with E-state index < -0.39 is 0 Å². The molecule has 2 aromatic rings. The molecule has 0 spiro atoms. The molecule has 27 heavy (non-hydrogen) atoms. The minimum atomic E-state index is -0.304. The van der Waals surface area contributed by atoms with Crippen molar-refractivity contribution >= 4 is 27.6 Å². The summed E-state index contributed by atoms with van der Waals surface area (Å²) in [6.07, 6.45) is 2.10. The molecule has 0 bridgehead atoms. The molecule has 1 N–H and O–H groups in total. The molecule has 0 unspecified atom stereocenters. The highest BCUT2D eigenvalue weighted by molar-refractivity contribution is 9.10. The maximum absolute atomic E-state index is 13.1. The van der Waals surface area contributed by atoms with E-state index in [0.717, 1.165) is 36.9 Å². The number of hydrogen-bond donors (Lipinski definition) is 1. The average molecular weight is 432 g/mol. The minimum absolute atomic E-state index is 0.107. The molecule has 2 amide bonds. The molecule has 2 aliphatic heterocycles. The van der Waals surface area contributed by atoms with E-state index in [1.54, 1.807) is 12.1 Å². The monoisotopic (exact) mass is 431 g/mol. The van der Waals surface area contributed by atoms with Crippen molar-refractivity contribution in [1.29, 1.82) is 0 Å². The largest absolute Gasteiger partial charge is 0.323 e. The summed E-state index contributed by atoms with van der Waals surface area (Å²) >= 11 is 3.50. The van der Waals surface area contributed by atoms with Crippen LogP contribution in [0.3, 0.4) is 0 Å². The second-order valence-electron chi connectivity index (χ2n) is 7.29. The van der Waals surface area contributed by atoms with Gasteiger partial charge in [-0.25, -0.2) is 9.18 Å². The van der Waals surface area contributed by atoms with Gasteiger partial charge in [-0.3, -0.25) is 4.90 Å². The molecule has 0 radical (unpaired) electrons. The maximum atomic E-state index is 13.1. The van der Waals surface area contributed by atoms with E-state index in [-0.39, 0.29) is 11.8 Å². The van der Waals surface area contributed by atoms with Crippen molar-refractivity contribution in [2.75, 3.05) is 31.5 Å². The number of carbonyl (C=O) groups excluding carboxylic acids is 1. The topological polar surface area (TPSA) is 35.6 Å². The molecule has 4 nitrogen and oxygen atoms in total. The van der Waals surface area contributed by atoms with Crippen LogP contribution in [-0.4, -0.2) is 48.1 Å². The molecule has 2 atom stereocenters. The Kier molecular flexibility index (Phi) is 5.45. The fourth-order valence-electron chi connectivity index (χ4n) is 4.24. The van der Waals surface area contributed by atoms with Gasteiger partial charge in [0.25, 0.3) is 0 Å². The van der Waals surface area contributed by atoms with Gasteiger partial charge in [0.1, 0.15) is 5.82 Å². The first-order chi connectivity index (χ1) is 13.1. The molecule has 0 aliphatic carbocycles. The van der Waals surface area contributed by atoms with E-state index in [1.165, 1.54) is 17.7 Å². The van der Waals surface area contributed by atoms with Crippen LogP contribution in [-0.2, 0) is 0 Å². The standard InChI is InChI=1S/C21H23BrFN3O/c22-16-4-2-15(3-5-16)19-10-13-25-11-1-12-26(14-20(19)25)21(27)24-18-8-6-17(23)7-9-18/h2-9,19-20H,1,10-14H2,(H,24,27)/t19-,20+/m1/s1. The molecule has 2 aromatic carbocycles. The van der Waals surface area contributed by atoms with E-state index in [2.05, 4.69) is 50.4 Å². The number of rotatable bonds is 2. The molecule has 2 fully saturated rings. The zero-order valence-corrected chi connectivity index (χ0v) is 16.7. The lowest BCUT2D eigenvalue weighted by molar-refractivity contribution is 0.197. The first kappa shape index (κ1) is 18.4. The van der Waals surface area contributed by atoms with Crippen molar-refractivity contribution in [3.8, 4) is 0 Å².